The van der Waals surface area contributed by atoms with E-state index >= 15 is 0 Å². The maximum atomic E-state index is 6.26. The van der Waals surface area contributed by atoms with E-state index in [4.69, 9.17) is 20.7 Å². The Morgan fingerprint density at radius 1 is 0.591 bits per heavy atom. The fourth-order valence-corrected chi connectivity index (χ4v) is 7.13. The van der Waals surface area contributed by atoms with E-state index in [2.05, 4.69) is 52.8 Å². The summed E-state index contributed by atoms with van der Waals surface area (Å²) >= 11 is 6.21. The van der Waals surface area contributed by atoms with Crippen LogP contribution in [0.25, 0.3) is 0 Å². The molecular weight excluding hydrogens is 579 g/mol. The highest BCUT2D eigenvalue weighted by atomic mass is 35.7. The molecule has 0 amide bonds. The highest BCUT2D eigenvalue weighted by Gasteiger charge is 2.10. The van der Waals surface area contributed by atoms with Crippen LogP contribution in [0.3, 0.4) is 0 Å². The zero-order valence-corrected chi connectivity index (χ0v) is 31.6. The first-order valence-corrected chi connectivity index (χ1v) is 20.9. The normalized spacial score (nSPS) is 12.2. The molecule has 0 bridgehead atoms. The van der Waals surface area contributed by atoms with Crippen LogP contribution in [0.5, 0.6) is 0 Å². The Morgan fingerprint density at radius 3 is 1.59 bits per heavy atom. The van der Waals surface area contributed by atoms with Crippen molar-refractivity contribution in [3.63, 3.8) is 0 Å². The minimum Gasteiger partial charge on any atom is -0.353 e. The van der Waals surface area contributed by atoms with Gasteiger partial charge in [-0.15, -0.1) is 0 Å². The largest absolute Gasteiger partial charge is 0.353 e. The molecule has 0 saturated carbocycles. The van der Waals surface area contributed by atoms with Crippen molar-refractivity contribution in [2.45, 2.75) is 195 Å². The summed E-state index contributed by atoms with van der Waals surface area (Å²) in [6, 6.07) is 2.35. The first kappa shape index (κ1) is 41.6. The lowest BCUT2D eigenvalue weighted by Crippen LogP contribution is -2.19. The second-order valence-electron chi connectivity index (χ2n) is 13.2. The minimum absolute atomic E-state index is 0.00614. The molecule has 0 aliphatic rings. The molecule has 1 atom stereocenters. The van der Waals surface area contributed by atoms with Gasteiger partial charge in [0, 0.05) is 21.1 Å². The molecule has 1 aromatic carbocycles. The molecule has 0 N–H and O–H groups in total. The van der Waals surface area contributed by atoms with E-state index in [-0.39, 0.29) is 6.29 Å². The third-order valence-electron chi connectivity index (χ3n) is 9.33. The van der Waals surface area contributed by atoms with Gasteiger partial charge in [0.15, 0.2) is 6.29 Å². The van der Waals surface area contributed by atoms with Gasteiger partial charge in [0.2, 0.25) is 0 Å². The lowest BCUT2D eigenvalue weighted by Gasteiger charge is -2.19. The number of aryl methyl sites for hydroxylation is 1. The maximum absolute atomic E-state index is 6.26. The zero-order chi connectivity index (χ0) is 32.1. The molecule has 44 heavy (non-hydrogen) atoms. The molecule has 1 rings (SSSR count). The van der Waals surface area contributed by atoms with Crippen molar-refractivity contribution >= 4 is 24.5 Å². The summed E-state index contributed by atoms with van der Waals surface area (Å²) < 4.78 is 12.5. The van der Waals surface area contributed by atoms with E-state index < -0.39 is 0 Å². The van der Waals surface area contributed by atoms with Crippen molar-refractivity contribution in [3.05, 3.63) is 40.5 Å². The predicted octanol–water partition coefficient (Wildman–Crippen LogP) is 13.5. The van der Waals surface area contributed by atoms with E-state index in [0.29, 0.717) is 7.93 Å². The second-order valence-corrected chi connectivity index (χ2v) is 14.5. The summed E-state index contributed by atoms with van der Waals surface area (Å²) in [4.78, 5) is 0. The average Bonchev–Trinajstić information content (AvgIpc) is 3.03. The van der Waals surface area contributed by atoms with Gasteiger partial charge in [0.1, 0.15) is 0 Å². The van der Waals surface area contributed by atoms with Gasteiger partial charge >= 0.3 is 0 Å². The Kier molecular flexibility index (Phi) is 28.3. The maximum Gasteiger partial charge on any atom is 0.157 e. The van der Waals surface area contributed by atoms with Crippen LogP contribution < -0.4 is 5.30 Å². The fraction of sp³-hybridized carbons (Fsp3) is 0.800. The number of allylic oxidation sites excluding steroid dienone is 2. The van der Waals surface area contributed by atoms with Crippen molar-refractivity contribution in [1.29, 1.82) is 0 Å². The molecule has 4 heteroatoms. The van der Waals surface area contributed by atoms with Crippen molar-refractivity contribution in [2.75, 3.05) is 13.2 Å². The van der Waals surface area contributed by atoms with Crippen molar-refractivity contribution < 1.29 is 9.47 Å². The van der Waals surface area contributed by atoms with Gasteiger partial charge in [-0.2, -0.15) is 0 Å². The van der Waals surface area contributed by atoms with Gasteiger partial charge in [0.25, 0.3) is 0 Å². The van der Waals surface area contributed by atoms with E-state index in [9.17, 15) is 0 Å². The van der Waals surface area contributed by atoms with E-state index in [1.165, 1.54) is 162 Å². The minimum atomic E-state index is -0.00614. The van der Waals surface area contributed by atoms with Crippen LogP contribution in [-0.2, 0) is 15.9 Å². The molecule has 0 fully saturated rings. The van der Waals surface area contributed by atoms with Crippen LogP contribution in [-0.4, -0.2) is 19.5 Å². The van der Waals surface area contributed by atoms with Gasteiger partial charge in [-0.3, -0.25) is 0 Å². The lowest BCUT2D eigenvalue weighted by molar-refractivity contribution is -0.148. The number of hydrogen-bond donors (Lipinski definition) is 0. The van der Waals surface area contributed by atoms with Gasteiger partial charge in [-0.05, 0) is 112 Å². The first-order valence-electron chi connectivity index (χ1n) is 18.9. The molecule has 2 nitrogen and oxygen atoms in total. The third kappa shape index (κ3) is 21.4. The number of rotatable bonds is 31. The highest BCUT2D eigenvalue weighted by Crippen LogP contribution is 2.25. The summed E-state index contributed by atoms with van der Waals surface area (Å²) in [6.45, 7) is 13.0. The van der Waals surface area contributed by atoms with Gasteiger partial charge in [0.05, 0.1) is 0 Å². The molecule has 0 heterocycles. The third-order valence-corrected chi connectivity index (χ3v) is 10.7. The highest BCUT2D eigenvalue weighted by molar-refractivity contribution is 7.75. The number of unbranched alkanes of at least 4 members (excludes halogenated alkanes) is 18. The zero-order valence-electron chi connectivity index (χ0n) is 29.9. The van der Waals surface area contributed by atoms with E-state index in [0.717, 1.165) is 32.5 Å². The lowest BCUT2D eigenvalue weighted by atomic mass is 9.95. The SMILES string of the molecule is CCCCCCCCCCOC(CCCCC/C=C\CCCc1cc(PCl)c(C)c(C)c1C)OCCCCCCCCCC. The van der Waals surface area contributed by atoms with E-state index in [1.807, 2.05) is 0 Å². The van der Waals surface area contributed by atoms with Gasteiger partial charge < -0.3 is 9.47 Å². The van der Waals surface area contributed by atoms with Gasteiger partial charge in [-0.1, -0.05) is 134 Å². The predicted molar refractivity (Wildman–Crippen MR) is 201 cm³/mol. The standard InChI is InChI=1S/C40H72ClO2P/c1-6-8-10-12-14-20-24-28-32-42-40(43-33-29-25-21-15-13-11-9-7-2)31-27-23-19-17-16-18-22-26-30-38-34-39(44-41)37(5)35(3)36(38)4/h16,18,34,40,44H,6-15,17,19-33H2,1-5H3/b18-16-. The van der Waals surface area contributed by atoms with Crippen LogP contribution >= 0.6 is 19.2 Å². The van der Waals surface area contributed by atoms with Crippen LogP contribution in [0.1, 0.15) is 184 Å². The molecule has 0 aliphatic heterocycles. The smallest absolute Gasteiger partial charge is 0.157 e. The summed E-state index contributed by atoms with van der Waals surface area (Å²) in [5, 5.41) is 1.32. The van der Waals surface area contributed by atoms with Gasteiger partial charge in [-0.25, -0.2) is 0 Å². The van der Waals surface area contributed by atoms with Crippen molar-refractivity contribution in [1.82, 2.24) is 0 Å². The van der Waals surface area contributed by atoms with Crippen LogP contribution in [0, 0.1) is 20.8 Å². The Labute approximate surface area is 281 Å². The average molecular weight is 651 g/mol. The molecule has 1 aromatic rings. The Bertz CT molecular complexity index is 802. The molecule has 0 spiro atoms. The summed E-state index contributed by atoms with van der Waals surface area (Å²) in [5.74, 6) is 0. The molecule has 0 radical (unpaired) electrons. The number of halogens is 1. The Morgan fingerprint density at radius 2 is 1.07 bits per heavy atom. The van der Waals surface area contributed by atoms with Crippen LogP contribution in [0.4, 0.5) is 0 Å². The summed E-state index contributed by atoms with van der Waals surface area (Å²) in [7, 11) is 0.361. The van der Waals surface area contributed by atoms with Crippen molar-refractivity contribution in [2.24, 2.45) is 0 Å². The van der Waals surface area contributed by atoms with Crippen molar-refractivity contribution in [3.8, 4) is 0 Å². The number of ether oxygens (including phenoxy) is 2. The topological polar surface area (TPSA) is 18.5 Å². The monoisotopic (exact) mass is 650 g/mol. The number of hydrogen-bond acceptors (Lipinski definition) is 2. The molecule has 0 aliphatic carbocycles. The molecule has 0 aromatic heterocycles. The fourth-order valence-electron chi connectivity index (χ4n) is 5.98. The summed E-state index contributed by atoms with van der Waals surface area (Å²) in [6.07, 6.45) is 35.7. The van der Waals surface area contributed by atoms with Crippen LogP contribution in [0.2, 0.25) is 0 Å². The van der Waals surface area contributed by atoms with Crippen LogP contribution in [0.15, 0.2) is 18.2 Å². The quantitative estimate of drug-likeness (QED) is 0.0344. The first-order chi connectivity index (χ1) is 21.5. The molecular formula is C40H72ClO2P. The Balaban J connectivity index is 2.23. The molecule has 0 saturated heterocycles. The number of benzene rings is 1. The second kappa shape index (κ2) is 30.0. The molecule has 256 valence electrons. The Hall–Kier alpha value is -0.400. The summed E-state index contributed by atoms with van der Waals surface area (Å²) in [5.41, 5.74) is 5.72. The van der Waals surface area contributed by atoms with E-state index in [1.54, 1.807) is 0 Å². The molecule has 1 unspecified atom stereocenters.